The van der Waals surface area contributed by atoms with Crippen molar-refractivity contribution in [1.82, 2.24) is 20.2 Å². The van der Waals surface area contributed by atoms with Gasteiger partial charge in [0.25, 0.3) is 11.8 Å². The molecule has 0 saturated carbocycles. The highest BCUT2D eigenvalue weighted by atomic mass is 19.1. The van der Waals surface area contributed by atoms with E-state index in [-0.39, 0.29) is 30.2 Å². The Balaban J connectivity index is 1.46. The summed E-state index contributed by atoms with van der Waals surface area (Å²) < 4.78 is 26.2. The van der Waals surface area contributed by atoms with E-state index in [1.165, 1.54) is 42.6 Å². The van der Waals surface area contributed by atoms with Gasteiger partial charge in [0.15, 0.2) is 5.82 Å². The first-order valence-electron chi connectivity index (χ1n) is 10.3. The Kier molecular flexibility index (Phi) is 6.20. The molecule has 1 atom stereocenters. The van der Waals surface area contributed by atoms with Crippen molar-refractivity contribution < 1.29 is 18.4 Å². The summed E-state index contributed by atoms with van der Waals surface area (Å²) in [6, 6.07) is 11.0. The summed E-state index contributed by atoms with van der Waals surface area (Å²) in [7, 11) is 0. The molecule has 0 spiro atoms. The van der Waals surface area contributed by atoms with Crippen molar-refractivity contribution in [3.8, 4) is 0 Å². The van der Waals surface area contributed by atoms with Crippen LogP contribution < -0.4 is 5.32 Å². The van der Waals surface area contributed by atoms with Gasteiger partial charge in [0.05, 0.1) is 17.3 Å². The maximum Gasteiger partial charge on any atom is 0.254 e. The summed E-state index contributed by atoms with van der Waals surface area (Å²) in [6.07, 6.45) is 2.99. The van der Waals surface area contributed by atoms with E-state index in [4.69, 9.17) is 0 Å². The number of nitrogens with one attached hydrogen (secondary N) is 1. The molecule has 2 amide bonds. The molecule has 32 heavy (non-hydrogen) atoms. The molecule has 0 bridgehead atoms. The van der Waals surface area contributed by atoms with Crippen LogP contribution in [-0.4, -0.2) is 33.2 Å². The molecule has 1 fully saturated rings. The monoisotopic (exact) mass is 436 g/mol. The Morgan fingerprint density at radius 2 is 1.72 bits per heavy atom. The lowest BCUT2D eigenvalue weighted by Gasteiger charge is -2.24. The smallest absolute Gasteiger partial charge is 0.254 e. The van der Waals surface area contributed by atoms with Crippen LogP contribution in [0.15, 0.2) is 54.7 Å². The molecule has 0 aliphatic carbocycles. The molecule has 164 valence electrons. The van der Waals surface area contributed by atoms with Crippen LogP contribution in [0.5, 0.6) is 0 Å². The van der Waals surface area contributed by atoms with Gasteiger partial charge in [-0.25, -0.2) is 18.7 Å². The average Bonchev–Trinajstić information content (AvgIpc) is 3.28. The number of halogens is 2. The third kappa shape index (κ3) is 4.64. The van der Waals surface area contributed by atoms with Gasteiger partial charge in [-0.15, -0.1) is 0 Å². The standard InChI is InChI=1S/C24H22F2N4O2/c1-15-20(23(31)28-13-16-4-8-18(25)9-5-16)14-27-22(29-15)21-3-2-12-30(21)24(32)17-6-10-19(26)11-7-17/h4-11,14,21H,2-3,12-13H2,1H3,(H,28,31). The summed E-state index contributed by atoms with van der Waals surface area (Å²) in [4.78, 5) is 36.0. The van der Waals surface area contributed by atoms with E-state index >= 15 is 0 Å². The van der Waals surface area contributed by atoms with Gasteiger partial charge >= 0.3 is 0 Å². The zero-order valence-corrected chi connectivity index (χ0v) is 17.5. The maximum absolute atomic E-state index is 13.2. The molecule has 1 aromatic heterocycles. The van der Waals surface area contributed by atoms with E-state index in [0.29, 0.717) is 35.6 Å². The van der Waals surface area contributed by atoms with E-state index in [1.807, 2.05) is 0 Å². The van der Waals surface area contributed by atoms with Gasteiger partial charge in [-0.05, 0) is 61.7 Å². The lowest BCUT2D eigenvalue weighted by molar-refractivity contribution is 0.0729. The molecule has 1 unspecified atom stereocenters. The fourth-order valence-corrected chi connectivity index (χ4v) is 3.78. The lowest BCUT2D eigenvalue weighted by atomic mass is 10.1. The topological polar surface area (TPSA) is 75.2 Å². The number of amides is 2. The molecule has 6 nitrogen and oxygen atoms in total. The summed E-state index contributed by atoms with van der Waals surface area (Å²) >= 11 is 0. The van der Waals surface area contributed by atoms with Crippen LogP contribution in [0.4, 0.5) is 8.78 Å². The van der Waals surface area contributed by atoms with Crippen LogP contribution in [0.3, 0.4) is 0 Å². The molecule has 8 heteroatoms. The first-order valence-corrected chi connectivity index (χ1v) is 10.3. The minimum absolute atomic E-state index is 0.199. The molecule has 1 N–H and O–H groups in total. The number of nitrogens with zero attached hydrogens (tertiary/aromatic N) is 3. The Morgan fingerprint density at radius 3 is 2.38 bits per heavy atom. The van der Waals surface area contributed by atoms with Crippen molar-refractivity contribution in [2.45, 2.75) is 32.4 Å². The summed E-state index contributed by atoms with van der Waals surface area (Å²) in [5.74, 6) is -0.782. The molecule has 2 aromatic carbocycles. The van der Waals surface area contributed by atoms with Crippen LogP contribution in [-0.2, 0) is 6.54 Å². The Labute approximate surface area is 184 Å². The summed E-state index contributed by atoms with van der Waals surface area (Å²) in [5, 5.41) is 2.78. The summed E-state index contributed by atoms with van der Waals surface area (Å²) in [6.45, 7) is 2.53. The zero-order chi connectivity index (χ0) is 22.7. The van der Waals surface area contributed by atoms with Crippen molar-refractivity contribution in [1.29, 1.82) is 0 Å². The predicted octanol–water partition coefficient (Wildman–Crippen LogP) is 3.97. The normalized spacial score (nSPS) is 15.6. The van der Waals surface area contributed by atoms with Crippen molar-refractivity contribution in [2.75, 3.05) is 6.54 Å². The highest BCUT2D eigenvalue weighted by molar-refractivity contribution is 5.95. The number of hydrogen-bond donors (Lipinski definition) is 1. The van der Waals surface area contributed by atoms with Crippen molar-refractivity contribution in [2.24, 2.45) is 0 Å². The Bertz CT molecular complexity index is 1130. The lowest BCUT2D eigenvalue weighted by Crippen LogP contribution is -2.32. The number of likely N-dealkylation sites (tertiary alicyclic amines) is 1. The first-order chi connectivity index (χ1) is 15.4. The first kappa shape index (κ1) is 21.5. The molecule has 0 radical (unpaired) electrons. The Morgan fingerprint density at radius 1 is 1.06 bits per heavy atom. The fourth-order valence-electron chi connectivity index (χ4n) is 3.78. The highest BCUT2D eigenvalue weighted by Crippen LogP contribution is 2.31. The number of benzene rings is 2. The van der Waals surface area contributed by atoms with Crippen LogP contribution in [0.25, 0.3) is 0 Å². The number of hydrogen-bond acceptors (Lipinski definition) is 4. The van der Waals surface area contributed by atoms with Gasteiger partial charge < -0.3 is 10.2 Å². The third-order valence-electron chi connectivity index (χ3n) is 5.51. The van der Waals surface area contributed by atoms with Crippen LogP contribution in [0.1, 0.15) is 56.7 Å². The molecular formula is C24H22F2N4O2. The molecule has 3 aromatic rings. The van der Waals surface area contributed by atoms with Crippen molar-refractivity contribution >= 4 is 11.8 Å². The van der Waals surface area contributed by atoms with Crippen molar-refractivity contribution in [3.63, 3.8) is 0 Å². The molecule has 4 rings (SSSR count). The molecule has 1 aliphatic heterocycles. The fraction of sp³-hybridized carbons (Fsp3) is 0.250. The van der Waals surface area contributed by atoms with Crippen LogP contribution in [0, 0.1) is 18.6 Å². The highest BCUT2D eigenvalue weighted by Gasteiger charge is 2.33. The van der Waals surface area contributed by atoms with Crippen molar-refractivity contribution in [3.05, 3.63) is 94.6 Å². The van der Waals surface area contributed by atoms with E-state index < -0.39 is 5.82 Å². The van der Waals surface area contributed by atoms with Gasteiger partial charge in [-0.2, -0.15) is 0 Å². The van der Waals surface area contributed by atoms with Gasteiger partial charge in [0, 0.05) is 24.8 Å². The number of aromatic nitrogens is 2. The second kappa shape index (κ2) is 9.21. The largest absolute Gasteiger partial charge is 0.348 e. The number of carbonyl (C=O) groups is 2. The van der Waals surface area contributed by atoms with Crippen LogP contribution in [0.2, 0.25) is 0 Å². The number of carbonyl (C=O) groups excluding carboxylic acids is 2. The van der Waals surface area contributed by atoms with E-state index in [9.17, 15) is 18.4 Å². The van der Waals surface area contributed by atoms with E-state index in [1.54, 1.807) is 24.0 Å². The molecule has 2 heterocycles. The number of aryl methyl sites for hydroxylation is 1. The van der Waals surface area contributed by atoms with Crippen LogP contribution >= 0.6 is 0 Å². The average molecular weight is 436 g/mol. The van der Waals surface area contributed by atoms with Gasteiger partial charge in [-0.3, -0.25) is 9.59 Å². The van der Waals surface area contributed by atoms with E-state index in [0.717, 1.165) is 12.0 Å². The minimum atomic E-state index is -0.397. The van der Waals surface area contributed by atoms with E-state index in [2.05, 4.69) is 15.3 Å². The molecule has 1 aliphatic rings. The molecule has 1 saturated heterocycles. The number of rotatable bonds is 5. The minimum Gasteiger partial charge on any atom is -0.348 e. The molecular weight excluding hydrogens is 414 g/mol. The predicted molar refractivity (Wildman–Crippen MR) is 114 cm³/mol. The second-order valence-electron chi connectivity index (χ2n) is 7.70. The van der Waals surface area contributed by atoms with Gasteiger partial charge in [0.2, 0.25) is 0 Å². The van der Waals surface area contributed by atoms with Gasteiger partial charge in [0.1, 0.15) is 11.6 Å². The Hall–Kier alpha value is -3.68. The zero-order valence-electron chi connectivity index (χ0n) is 17.5. The summed E-state index contributed by atoms with van der Waals surface area (Å²) in [5.41, 5.74) is 2.03. The SMILES string of the molecule is Cc1nc(C2CCCN2C(=O)c2ccc(F)cc2)ncc1C(=O)NCc1ccc(F)cc1. The van der Waals surface area contributed by atoms with Gasteiger partial charge in [-0.1, -0.05) is 12.1 Å². The third-order valence-corrected chi connectivity index (χ3v) is 5.51. The quantitative estimate of drug-likeness (QED) is 0.657. The second-order valence-corrected chi connectivity index (χ2v) is 7.70. The maximum atomic E-state index is 13.2.